The van der Waals surface area contributed by atoms with E-state index >= 15 is 4.39 Å². The van der Waals surface area contributed by atoms with Gasteiger partial charge in [0.25, 0.3) is 0 Å². The van der Waals surface area contributed by atoms with E-state index in [1.54, 1.807) is 12.1 Å². The zero-order valence-corrected chi connectivity index (χ0v) is 18.6. The molecule has 0 saturated heterocycles. The summed E-state index contributed by atoms with van der Waals surface area (Å²) in [5, 5.41) is 3.74. The molecule has 0 aliphatic rings. The quantitative estimate of drug-likeness (QED) is 0.234. The molecule has 35 heavy (non-hydrogen) atoms. The lowest BCUT2D eigenvalue weighted by molar-refractivity contribution is 0.640. The van der Waals surface area contributed by atoms with Gasteiger partial charge in [0.2, 0.25) is 5.69 Å². The van der Waals surface area contributed by atoms with E-state index in [-0.39, 0.29) is 5.82 Å². The van der Waals surface area contributed by atoms with Crippen LogP contribution in [0.5, 0.6) is 0 Å². The van der Waals surface area contributed by atoms with Crippen molar-refractivity contribution in [2.45, 2.75) is 0 Å². The number of hydrogen-bond donors (Lipinski definition) is 0. The summed E-state index contributed by atoms with van der Waals surface area (Å²) in [7, 11) is 0. The van der Waals surface area contributed by atoms with Crippen LogP contribution in [0.1, 0.15) is 0 Å². The third kappa shape index (κ3) is 2.70. The molecular formula is C31H18FN3. The monoisotopic (exact) mass is 451 g/mol. The van der Waals surface area contributed by atoms with Gasteiger partial charge in [-0.25, -0.2) is 9.24 Å². The Morgan fingerprint density at radius 1 is 0.571 bits per heavy atom. The van der Waals surface area contributed by atoms with Gasteiger partial charge in [0, 0.05) is 27.2 Å². The average Bonchev–Trinajstić information content (AvgIpc) is 3.42. The second-order valence-corrected chi connectivity index (χ2v) is 8.64. The molecule has 3 nitrogen and oxygen atoms in total. The number of para-hydroxylation sites is 4. The summed E-state index contributed by atoms with van der Waals surface area (Å²) in [5.74, 6) is -0.272. The fourth-order valence-corrected chi connectivity index (χ4v) is 5.36. The number of rotatable bonds is 2. The van der Waals surface area contributed by atoms with Crippen LogP contribution in [0.15, 0.2) is 109 Å². The summed E-state index contributed by atoms with van der Waals surface area (Å²) in [6.45, 7) is 7.66. The predicted octanol–water partition coefficient (Wildman–Crippen LogP) is 8.57. The molecule has 0 bridgehead atoms. The first-order valence-electron chi connectivity index (χ1n) is 11.4. The normalized spacial score (nSPS) is 11.5. The Morgan fingerprint density at radius 3 is 1.94 bits per heavy atom. The van der Waals surface area contributed by atoms with Gasteiger partial charge >= 0.3 is 0 Å². The van der Waals surface area contributed by atoms with E-state index in [4.69, 9.17) is 6.57 Å². The largest absolute Gasteiger partial charge is 0.319 e. The predicted molar refractivity (Wildman–Crippen MR) is 141 cm³/mol. The molecule has 0 unspecified atom stereocenters. The summed E-state index contributed by atoms with van der Waals surface area (Å²) < 4.78 is 19.6. The van der Waals surface area contributed by atoms with Crippen LogP contribution in [0.2, 0.25) is 0 Å². The van der Waals surface area contributed by atoms with Crippen LogP contribution < -0.4 is 0 Å². The number of halogens is 1. The van der Waals surface area contributed by atoms with Gasteiger partial charge in [0.15, 0.2) is 0 Å². The molecule has 2 heterocycles. The third-order valence-electron chi connectivity index (χ3n) is 6.80. The molecular weight excluding hydrogens is 433 g/mol. The van der Waals surface area contributed by atoms with Gasteiger partial charge in [-0.15, -0.1) is 0 Å². The lowest BCUT2D eigenvalue weighted by Gasteiger charge is -2.11. The van der Waals surface area contributed by atoms with Crippen LogP contribution >= 0.6 is 0 Å². The van der Waals surface area contributed by atoms with Gasteiger partial charge in [-0.3, -0.25) is 0 Å². The minimum absolute atomic E-state index is 0.272. The molecule has 5 aromatic carbocycles. The van der Waals surface area contributed by atoms with Crippen molar-refractivity contribution in [1.29, 1.82) is 0 Å². The molecule has 0 atom stereocenters. The maximum Gasteiger partial charge on any atom is 0.210 e. The second kappa shape index (κ2) is 7.31. The summed E-state index contributed by atoms with van der Waals surface area (Å²) in [4.78, 5) is 3.72. The van der Waals surface area contributed by atoms with Crippen LogP contribution in [0, 0.1) is 12.4 Å². The minimum Gasteiger partial charge on any atom is -0.319 e. The van der Waals surface area contributed by atoms with Gasteiger partial charge in [-0.05, 0) is 48.5 Å². The summed E-state index contributed by atoms with van der Waals surface area (Å²) in [6, 6.07) is 35.5. The van der Waals surface area contributed by atoms with E-state index in [2.05, 4.69) is 57.9 Å². The number of aromatic nitrogens is 2. The molecule has 0 aliphatic carbocycles. The van der Waals surface area contributed by atoms with Crippen molar-refractivity contribution >= 4 is 49.3 Å². The van der Waals surface area contributed by atoms with E-state index in [0.717, 1.165) is 38.8 Å². The standard InChI is InChI=1S/C31H18FN3/c1-33-25-12-4-7-15-29(25)35-28-18-17-20(19-23(28)31-24(32)11-8-16-30(31)35)34-26-13-5-2-9-21(26)22-10-3-6-14-27(22)34/h2-19H. The summed E-state index contributed by atoms with van der Waals surface area (Å²) in [6.07, 6.45) is 0. The average molecular weight is 452 g/mol. The number of hydrogen-bond acceptors (Lipinski definition) is 0. The molecule has 0 N–H and O–H groups in total. The Balaban J connectivity index is 1.61. The van der Waals surface area contributed by atoms with Crippen molar-refractivity contribution in [1.82, 2.24) is 9.13 Å². The van der Waals surface area contributed by atoms with E-state index in [9.17, 15) is 0 Å². The van der Waals surface area contributed by atoms with Gasteiger partial charge in [-0.2, -0.15) is 0 Å². The van der Waals surface area contributed by atoms with Crippen LogP contribution in [-0.2, 0) is 0 Å². The van der Waals surface area contributed by atoms with E-state index in [1.807, 2.05) is 47.0 Å². The highest BCUT2D eigenvalue weighted by molar-refractivity contribution is 6.12. The lowest BCUT2D eigenvalue weighted by Crippen LogP contribution is -1.96. The van der Waals surface area contributed by atoms with Crippen LogP contribution in [0.4, 0.5) is 10.1 Å². The second-order valence-electron chi connectivity index (χ2n) is 8.64. The van der Waals surface area contributed by atoms with Gasteiger partial charge < -0.3 is 9.13 Å². The molecule has 164 valence electrons. The van der Waals surface area contributed by atoms with Gasteiger partial charge in [0.1, 0.15) is 5.82 Å². The highest BCUT2D eigenvalue weighted by atomic mass is 19.1. The van der Waals surface area contributed by atoms with Crippen molar-refractivity contribution in [3.8, 4) is 11.4 Å². The van der Waals surface area contributed by atoms with Crippen LogP contribution in [0.3, 0.4) is 0 Å². The molecule has 0 fully saturated rings. The summed E-state index contributed by atoms with van der Waals surface area (Å²) >= 11 is 0. The zero-order chi connectivity index (χ0) is 23.5. The number of nitrogens with zero attached hydrogens (tertiary/aromatic N) is 3. The molecule has 0 amide bonds. The van der Waals surface area contributed by atoms with Crippen molar-refractivity contribution in [3.63, 3.8) is 0 Å². The smallest absolute Gasteiger partial charge is 0.210 e. The zero-order valence-electron chi connectivity index (χ0n) is 18.6. The van der Waals surface area contributed by atoms with Crippen LogP contribution in [-0.4, -0.2) is 9.13 Å². The van der Waals surface area contributed by atoms with Crippen molar-refractivity contribution < 1.29 is 4.39 Å². The highest BCUT2D eigenvalue weighted by Gasteiger charge is 2.19. The third-order valence-corrected chi connectivity index (χ3v) is 6.80. The Bertz CT molecular complexity index is 1930. The first-order chi connectivity index (χ1) is 17.3. The van der Waals surface area contributed by atoms with E-state index < -0.39 is 0 Å². The fraction of sp³-hybridized carbons (Fsp3) is 0. The van der Waals surface area contributed by atoms with Crippen molar-refractivity contribution in [3.05, 3.63) is 126 Å². The molecule has 0 spiro atoms. The summed E-state index contributed by atoms with van der Waals surface area (Å²) in [5.41, 5.74) is 6.07. The van der Waals surface area contributed by atoms with Crippen molar-refractivity contribution in [2.75, 3.05) is 0 Å². The SMILES string of the molecule is [C-]#[N+]c1ccccc1-n1c2ccc(-n3c4ccccc4c4ccccc43)cc2c2c(F)cccc21. The first-order valence-corrected chi connectivity index (χ1v) is 11.4. The molecule has 0 aliphatic heterocycles. The number of fused-ring (bicyclic) bond motifs is 6. The van der Waals surface area contributed by atoms with Gasteiger partial charge in [0.05, 0.1) is 34.3 Å². The molecule has 0 radical (unpaired) electrons. The molecule has 7 rings (SSSR count). The number of benzene rings is 5. The van der Waals surface area contributed by atoms with Gasteiger partial charge in [-0.1, -0.05) is 60.7 Å². The van der Waals surface area contributed by atoms with E-state index in [0.29, 0.717) is 11.1 Å². The van der Waals surface area contributed by atoms with E-state index in [1.165, 1.54) is 16.8 Å². The maximum atomic E-state index is 15.3. The Morgan fingerprint density at radius 2 is 1.20 bits per heavy atom. The first kappa shape index (κ1) is 19.6. The molecule has 7 aromatic rings. The minimum atomic E-state index is -0.272. The van der Waals surface area contributed by atoms with Crippen LogP contribution in [0.25, 0.3) is 59.8 Å². The fourth-order valence-electron chi connectivity index (χ4n) is 5.36. The van der Waals surface area contributed by atoms with Crippen molar-refractivity contribution in [2.24, 2.45) is 0 Å². The highest BCUT2D eigenvalue weighted by Crippen LogP contribution is 2.39. The molecule has 4 heteroatoms. The topological polar surface area (TPSA) is 14.2 Å². The lowest BCUT2D eigenvalue weighted by atomic mass is 10.1. The Kier molecular flexibility index (Phi) is 4.09. The Hall–Kier alpha value is -4.88. The maximum absolute atomic E-state index is 15.3. The molecule has 0 saturated carbocycles. The Labute approximate surface area is 200 Å². The molecule has 2 aromatic heterocycles.